The Morgan fingerprint density at radius 3 is 2.74 bits per heavy atom. The second-order valence-electron chi connectivity index (χ2n) is 5.02. The minimum atomic E-state index is -0.0354. The fourth-order valence-corrected chi connectivity index (χ4v) is 2.94. The van der Waals surface area contributed by atoms with Crippen molar-refractivity contribution in [1.29, 1.82) is 0 Å². The number of nitrogens with zero attached hydrogens (tertiary/aromatic N) is 3. The standard InChI is InChI=1S/C14H18ClN3O/c15-11-3-4-13-12(9-11)16-14(10-19)18(13)8-7-17-5-1-2-6-17/h3-4,9,19H,1-2,5-8,10H2. The number of fused-ring (bicyclic) bond motifs is 1. The maximum Gasteiger partial charge on any atom is 0.135 e. The van der Waals surface area contributed by atoms with Gasteiger partial charge in [-0.1, -0.05) is 11.6 Å². The van der Waals surface area contributed by atoms with Gasteiger partial charge in [-0.15, -0.1) is 0 Å². The predicted molar refractivity (Wildman–Crippen MR) is 76.3 cm³/mol. The molecule has 0 bridgehead atoms. The Kier molecular flexibility index (Phi) is 3.73. The molecule has 2 heterocycles. The predicted octanol–water partition coefficient (Wildman–Crippen LogP) is 2.28. The van der Waals surface area contributed by atoms with Gasteiger partial charge in [-0.25, -0.2) is 4.98 Å². The molecule has 0 unspecified atom stereocenters. The summed E-state index contributed by atoms with van der Waals surface area (Å²) in [5.41, 5.74) is 1.91. The van der Waals surface area contributed by atoms with Crippen molar-refractivity contribution in [2.45, 2.75) is 26.0 Å². The number of halogens is 1. The van der Waals surface area contributed by atoms with Gasteiger partial charge < -0.3 is 14.6 Å². The number of hydrogen-bond donors (Lipinski definition) is 1. The molecule has 1 saturated heterocycles. The van der Waals surface area contributed by atoms with Gasteiger partial charge in [-0.3, -0.25) is 0 Å². The molecule has 1 aromatic heterocycles. The van der Waals surface area contributed by atoms with Crippen LogP contribution in [0.1, 0.15) is 18.7 Å². The Balaban J connectivity index is 1.87. The topological polar surface area (TPSA) is 41.3 Å². The van der Waals surface area contributed by atoms with Gasteiger partial charge in [0.2, 0.25) is 0 Å². The number of imidazole rings is 1. The summed E-state index contributed by atoms with van der Waals surface area (Å²) < 4.78 is 2.10. The van der Waals surface area contributed by atoms with Crippen molar-refractivity contribution in [3.63, 3.8) is 0 Å². The van der Waals surface area contributed by atoms with Crippen molar-refractivity contribution in [3.8, 4) is 0 Å². The minimum Gasteiger partial charge on any atom is -0.388 e. The minimum absolute atomic E-state index is 0.0354. The Labute approximate surface area is 117 Å². The molecule has 3 rings (SSSR count). The molecule has 4 nitrogen and oxygen atoms in total. The van der Waals surface area contributed by atoms with Crippen molar-refractivity contribution in [3.05, 3.63) is 29.0 Å². The summed E-state index contributed by atoms with van der Waals surface area (Å²) in [4.78, 5) is 6.91. The molecular weight excluding hydrogens is 262 g/mol. The van der Waals surface area contributed by atoms with E-state index >= 15 is 0 Å². The zero-order valence-corrected chi connectivity index (χ0v) is 11.6. The number of rotatable bonds is 4. The summed E-state index contributed by atoms with van der Waals surface area (Å²) in [7, 11) is 0. The molecule has 102 valence electrons. The molecule has 1 aliphatic heterocycles. The summed E-state index contributed by atoms with van der Waals surface area (Å²) in [6, 6.07) is 5.70. The normalized spacial score (nSPS) is 16.5. The lowest BCUT2D eigenvalue weighted by molar-refractivity contribution is 0.260. The van der Waals surface area contributed by atoms with Crippen LogP contribution in [0.4, 0.5) is 0 Å². The van der Waals surface area contributed by atoms with Crippen molar-refractivity contribution in [2.24, 2.45) is 0 Å². The number of aliphatic hydroxyl groups is 1. The molecule has 0 saturated carbocycles. The smallest absolute Gasteiger partial charge is 0.135 e. The lowest BCUT2D eigenvalue weighted by Gasteiger charge is -2.16. The highest BCUT2D eigenvalue weighted by Crippen LogP contribution is 2.21. The second-order valence-corrected chi connectivity index (χ2v) is 5.46. The van der Waals surface area contributed by atoms with E-state index < -0.39 is 0 Å². The summed E-state index contributed by atoms with van der Waals surface area (Å²) in [6.07, 6.45) is 2.60. The zero-order valence-electron chi connectivity index (χ0n) is 10.8. The third-order valence-corrected chi connectivity index (χ3v) is 4.00. The highest BCUT2D eigenvalue weighted by Gasteiger charge is 2.14. The maximum absolute atomic E-state index is 9.45. The van der Waals surface area contributed by atoms with Crippen molar-refractivity contribution < 1.29 is 5.11 Å². The maximum atomic E-state index is 9.45. The Morgan fingerprint density at radius 2 is 2.00 bits per heavy atom. The van der Waals surface area contributed by atoms with Crippen molar-refractivity contribution >= 4 is 22.6 Å². The molecule has 1 aromatic carbocycles. The molecule has 19 heavy (non-hydrogen) atoms. The average Bonchev–Trinajstić information content (AvgIpc) is 3.02. The quantitative estimate of drug-likeness (QED) is 0.934. The van der Waals surface area contributed by atoms with Crippen LogP contribution in [0.3, 0.4) is 0 Å². The molecule has 2 aromatic rings. The first-order chi connectivity index (χ1) is 9.28. The molecule has 1 aliphatic rings. The summed E-state index contributed by atoms with van der Waals surface area (Å²) in [6.45, 7) is 4.22. The van der Waals surface area contributed by atoms with Crippen LogP contribution < -0.4 is 0 Å². The Bertz CT molecular complexity index is 575. The van der Waals surface area contributed by atoms with Crippen LogP contribution in [-0.2, 0) is 13.2 Å². The molecule has 5 heteroatoms. The first-order valence-corrected chi connectivity index (χ1v) is 7.13. The van der Waals surface area contributed by atoms with Crippen molar-refractivity contribution in [2.75, 3.05) is 19.6 Å². The highest BCUT2D eigenvalue weighted by molar-refractivity contribution is 6.31. The largest absolute Gasteiger partial charge is 0.388 e. The Morgan fingerprint density at radius 1 is 1.21 bits per heavy atom. The first-order valence-electron chi connectivity index (χ1n) is 6.76. The van der Waals surface area contributed by atoms with Crippen LogP contribution in [0.15, 0.2) is 18.2 Å². The molecule has 0 radical (unpaired) electrons. The molecule has 1 fully saturated rings. The van der Waals surface area contributed by atoms with E-state index in [4.69, 9.17) is 11.6 Å². The van der Waals surface area contributed by atoms with E-state index in [2.05, 4.69) is 14.5 Å². The molecule has 0 atom stereocenters. The summed E-state index contributed by atoms with van der Waals surface area (Å²) >= 11 is 5.98. The van der Waals surface area contributed by atoms with Crippen LogP contribution >= 0.6 is 11.6 Å². The fraction of sp³-hybridized carbons (Fsp3) is 0.500. The molecular formula is C14H18ClN3O. The lowest BCUT2D eigenvalue weighted by atomic mass is 10.3. The highest BCUT2D eigenvalue weighted by atomic mass is 35.5. The SMILES string of the molecule is OCc1nc2cc(Cl)ccc2n1CCN1CCCC1. The molecule has 0 amide bonds. The number of hydrogen-bond acceptors (Lipinski definition) is 3. The number of aromatic nitrogens is 2. The second kappa shape index (κ2) is 5.49. The summed E-state index contributed by atoms with van der Waals surface area (Å²) in [5, 5.41) is 10.1. The third kappa shape index (κ3) is 2.61. The van der Waals surface area contributed by atoms with Crippen LogP contribution in [0, 0.1) is 0 Å². The van der Waals surface area contributed by atoms with Crippen molar-refractivity contribution in [1.82, 2.24) is 14.5 Å². The van der Waals surface area contributed by atoms with E-state index in [-0.39, 0.29) is 6.61 Å². The first kappa shape index (κ1) is 12.9. The van der Waals surface area contributed by atoms with Crippen LogP contribution in [0.2, 0.25) is 5.02 Å². The zero-order chi connectivity index (χ0) is 13.2. The fourth-order valence-electron chi connectivity index (χ4n) is 2.77. The van der Waals surface area contributed by atoms with E-state index in [1.807, 2.05) is 18.2 Å². The molecule has 1 N–H and O–H groups in total. The lowest BCUT2D eigenvalue weighted by Crippen LogP contribution is -2.24. The molecule has 0 spiro atoms. The van der Waals surface area contributed by atoms with Crippen LogP contribution in [0.25, 0.3) is 11.0 Å². The number of aliphatic hydroxyl groups excluding tert-OH is 1. The number of benzene rings is 1. The third-order valence-electron chi connectivity index (χ3n) is 3.77. The van der Waals surface area contributed by atoms with Crippen LogP contribution in [-0.4, -0.2) is 39.2 Å². The molecule has 0 aliphatic carbocycles. The van der Waals surface area contributed by atoms with Crippen LogP contribution in [0.5, 0.6) is 0 Å². The number of likely N-dealkylation sites (tertiary alicyclic amines) is 1. The van der Waals surface area contributed by atoms with E-state index in [0.29, 0.717) is 5.02 Å². The van der Waals surface area contributed by atoms with Gasteiger partial charge in [0, 0.05) is 18.1 Å². The van der Waals surface area contributed by atoms with Gasteiger partial charge in [0.1, 0.15) is 12.4 Å². The van der Waals surface area contributed by atoms with Gasteiger partial charge >= 0.3 is 0 Å². The van der Waals surface area contributed by atoms with Gasteiger partial charge in [0.25, 0.3) is 0 Å². The average molecular weight is 280 g/mol. The van der Waals surface area contributed by atoms with E-state index in [1.54, 1.807) is 0 Å². The van der Waals surface area contributed by atoms with Gasteiger partial charge in [0.15, 0.2) is 0 Å². The van der Waals surface area contributed by atoms with Gasteiger partial charge in [-0.05, 0) is 44.1 Å². The monoisotopic (exact) mass is 279 g/mol. The van der Waals surface area contributed by atoms with E-state index in [9.17, 15) is 5.11 Å². The van der Waals surface area contributed by atoms with Gasteiger partial charge in [-0.2, -0.15) is 0 Å². The Hall–Kier alpha value is -1.10. The van der Waals surface area contributed by atoms with E-state index in [1.165, 1.54) is 25.9 Å². The summed E-state index contributed by atoms with van der Waals surface area (Å²) in [5.74, 6) is 0.719. The van der Waals surface area contributed by atoms with Gasteiger partial charge in [0.05, 0.1) is 11.0 Å². The van der Waals surface area contributed by atoms with E-state index in [0.717, 1.165) is 29.9 Å².